The topological polar surface area (TPSA) is 110 Å². The summed E-state index contributed by atoms with van der Waals surface area (Å²) in [5, 5.41) is 0. The van der Waals surface area contributed by atoms with Crippen molar-refractivity contribution < 1.29 is 28.5 Å². The molecule has 0 saturated carbocycles. The number of carbonyl (C=O) groups excluding carboxylic acids is 2. The Morgan fingerprint density at radius 3 is 2.39 bits per heavy atom. The van der Waals surface area contributed by atoms with Gasteiger partial charge in [-0.3, -0.25) is 14.2 Å². The summed E-state index contributed by atoms with van der Waals surface area (Å²) in [6, 6.07) is 13.9. The Balaban J connectivity index is 1.64. The van der Waals surface area contributed by atoms with Crippen molar-refractivity contribution in [2.45, 2.75) is 60.6 Å². The first-order valence-corrected chi connectivity index (χ1v) is 15.8. The first kappa shape index (κ1) is 32.5. The fourth-order valence-electron chi connectivity index (χ4n) is 5.61. The van der Waals surface area contributed by atoms with Gasteiger partial charge in [-0.2, -0.15) is 0 Å². The Morgan fingerprint density at radius 1 is 1.04 bits per heavy atom. The molecule has 0 spiro atoms. The third-order valence-electron chi connectivity index (χ3n) is 7.50. The van der Waals surface area contributed by atoms with Gasteiger partial charge in [-0.1, -0.05) is 17.4 Å². The van der Waals surface area contributed by atoms with Crippen LogP contribution in [-0.4, -0.2) is 40.9 Å². The van der Waals surface area contributed by atoms with Gasteiger partial charge in [0.2, 0.25) is 0 Å². The predicted octanol–water partition coefficient (Wildman–Crippen LogP) is 4.93. The number of methoxy groups -OCH3 is 1. The molecule has 0 N–H and O–H groups in total. The molecule has 0 amide bonds. The van der Waals surface area contributed by atoms with Crippen molar-refractivity contribution >= 4 is 29.4 Å². The summed E-state index contributed by atoms with van der Waals surface area (Å²) in [4.78, 5) is 44.0. The molecule has 5 rings (SSSR count). The van der Waals surface area contributed by atoms with E-state index in [1.807, 2.05) is 58.0 Å². The van der Waals surface area contributed by atoms with Gasteiger partial charge in [0, 0.05) is 24.0 Å². The molecule has 0 saturated heterocycles. The zero-order valence-electron chi connectivity index (χ0n) is 27.2. The number of benzene rings is 2. The van der Waals surface area contributed by atoms with Crippen LogP contribution in [-0.2, 0) is 14.3 Å². The molecule has 1 atom stereocenters. The highest BCUT2D eigenvalue weighted by Crippen LogP contribution is 2.36. The number of fused-ring (bicyclic) bond motifs is 1. The maximum absolute atomic E-state index is 14.2. The largest absolute Gasteiger partial charge is 0.493 e. The second-order valence-corrected chi connectivity index (χ2v) is 12.1. The van der Waals surface area contributed by atoms with Gasteiger partial charge in [-0.05, 0) is 101 Å². The van der Waals surface area contributed by atoms with Gasteiger partial charge in [0.1, 0.15) is 5.75 Å². The molecule has 11 heteroatoms. The first-order valence-electron chi connectivity index (χ1n) is 15.0. The minimum Gasteiger partial charge on any atom is -0.493 e. The highest BCUT2D eigenvalue weighted by molar-refractivity contribution is 7.07. The number of nitrogens with zero attached hydrogens (tertiary/aromatic N) is 3. The highest BCUT2D eigenvalue weighted by Gasteiger charge is 2.34. The summed E-state index contributed by atoms with van der Waals surface area (Å²) in [5.41, 5.74) is 4.79. The Labute approximate surface area is 270 Å². The Kier molecular flexibility index (Phi) is 9.34. The number of hydrogen-bond acceptors (Lipinski definition) is 9. The van der Waals surface area contributed by atoms with Crippen LogP contribution in [0.2, 0.25) is 0 Å². The normalized spacial score (nSPS) is 14.6. The summed E-state index contributed by atoms with van der Waals surface area (Å²) in [7, 11) is 1.55. The number of hydrogen-bond donors (Lipinski definition) is 0. The molecule has 10 nitrogen and oxygen atoms in total. The monoisotopic (exact) mass is 643 g/mol. The van der Waals surface area contributed by atoms with Crippen molar-refractivity contribution in [3.05, 3.63) is 102 Å². The number of aromatic nitrogens is 2. The number of aryl methyl sites for hydroxylation is 1. The smallest absolute Gasteiger partial charge is 0.338 e. The molecule has 4 aromatic rings. The molecule has 0 bridgehead atoms. The Bertz CT molecular complexity index is 2030. The third-order valence-corrected chi connectivity index (χ3v) is 8.48. The lowest BCUT2D eigenvalue weighted by Crippen LogP contribution is -2.40. The Hall–Kier alpha value is -4.90. The first-order chi connectivity index (χ1) is 21.9. The van der Waals surface area contributed by atoms with E-state index < -0.39 is 12.0 Å². The van der Waals surface area contributed by atoms with Crippen LogP contribution in [0.25, 0.3) is 11.8 Å². The molecule has 1 aliphatic heterocycles. The zero-order chi connectivity index (χ0) is 33.3. The quantitative estimate of drug-likeness (QED) is 0.188. The van der Waals surface area contributed by atoms with Gasteiger partial charge >= 0.3 is 11.9 Å². The maximum atomic E-state index is 14.2. The van der Waals surface area contributed by atoms with E-state index in [0.29, 0.717) is 37.8 Å². The fourth-order valence-corrected chi connectivity index (χ4v) is 6.65. The van der Waals surface area contributed by atoms with Crippen molar-refractivity contribution in [2.24, 2.45) is 4.99 Å². The number of carbonyl (C=O) groups is 2. The lowest BCUT2D eigenvalue weighted by Gasteiger charge is -2.25. The van der Waals surface area contributed by atoms with E-state index in [0.717, 1.165) is 22.6 Å². The van der Waals surface area contributed by atoms with Crippen molar-refractivity contribution in [3.63, 3.8) is 0 Å². The van der Waals surface area contributed by atoms with E-state index in [-0.39, 0.29) is 29.8 Å². The van der Waals surface area contributed by atoms with Gasteiger partial charge in [0.25, 0.3) is 5.56 Å². The molecular weight excluding hydrogens is 606 g/mol. The predicted molar refractivity (Wildman–Crippen MR) is 176 cm³/mol. The number of ether oxygens (including phenoxy) is 4. The van der Waals surface area contributed by atoms with Crippen LogP contribution in [0.3, 0.4) is 0 Å². The highest BCUT2D eigenvalue weighted by atomic mass is 32.1. The fraction of sp³-hybridized carbons (Fsp3) is 0.314. The molecule has 2 aromatic carbocycles. The van der Waals surface area contributed by atoms with Crippen molar-refractivity contribution in [1.82, 2.24) is 9.13 Å². The van der Waals surface area contributed by atoms with Crippen LogP contribution in [0.5, 0.6) is 17.2 Å². The SMILES string of the molecule is CCOC(=O)C1=C(C)N=c2s/c(=C\c3cc(C)n(-c4ccc(OC(C)=O)cc4)c3C)c(=O)n2[C@H]1c1ccc(OC(C)C)c(OC)c1. The molecule has 0 aliphatic carbocycles. The average Bonchev–Trinajstić information content (AvgIpc) is 3.45. The minimum atomic E-state index is -0.789. The van der Waals surface area contributed by atoms with Crippen molar-refractivity contribution in [2.75, 3.05) is 13.7 Å². The second-order valence-electron chi connectivity index (χ2n) is 11.1. The standard InChI is InChI=1S/C35H37N3O7S/c1-9-43-34(41)31-21(5)36-35-38(32(31)24-10-15-28(44-19(2)3)29(17-24)42-8)33(40)30(46-35)18-25-16-20(4)37(22(25)6)26-11-13-27(14-12-26)45-23(7)39/h10-19,32H,9H2,1-8H3/b30-18-/t32-/m0/s1. The molecule has 0 unspecified atom stereocenters. The van der Waals surface area contributed by atoms with Crippen LogP contribution in [0.1, 0.15) is 63.2 Å². The molecular formula is C35H37N3O7S. The number of esters is 2. The number of thiazole rings is 1. The minimum absolute atomic E-state index is 0.0725. The molecule has 1 aliphatic rings. The van der Waals surface area contributed by atoms with Gasteiger partial charge in [0.15, 0.2) is 16.3 Å². The summed E-state index contributed by atoms with van der Waals surface area (Å²) in [6.45, 7) is 12.9. The number of allylic oxidation sites excluding steroid dienone is 1. The van der Waals surface area contributed by atoms with E-state index in [1.165, 1.54) is 18.3 Å². The lowest BCUT2D eigenvalue weighted by atomic mass is 9.95. The molecule has 3 heterocycles. The van der Waals surface area contributed by atoms with E-state index in [2.05, 4.69) is 4.57 Å². The van der Waals surface area contributed by atoms with E-state index in [4.69, 9.17) is 23.9 Å². The summed E-state index contributed by atoms with van der Waals surface area (Å²) in [5.74, 6) is 0.593. The summed E-state index contributed by atoms with van der Waals surface area (Å²) in [6.07, 6.45) is 1.79. The second kappa shape index (κ2) is 13.2. The van der Waals surface area contributed by atoms with E-state index >= 15 is 0 Å². The van der Waals surface area contributed by atoms with Crippen LogP contribution >= 0.6 is 11.3 Å². The van der Waals surface area contributed by atoms with E-state index in [9.17, 15) is 14.4 Å². The zero-order valence-corrected chi connectivity index (χ0v) is 28.0. The lowest BCUT2D eigenvalue weighted by molar-refractivity contribution is -0.139. The van der Waals surface area contributed by atoms with Crippen LogP contribution < -0.4 is 29.1 Å². The maximum Gasteiger partial charge on any atom is 0.338 e. The molecule has 0 radical (unpaired) electrons. The molecule has 2 aromatic heterocycles. The van der Waals surface area contributed by atoms with Gasteiger partial charge < -0.3 is 23.5 Å². The molecule has 240 valence electrons. The van der Waals surface area contributed by atoms with Crippen molar-refractivity contribution in [1.29, 1.82) is 0 Å². The molecule has 0 fully saturated rings. The Morgan fingerprint density at radius 2 is 1.76 bits per heavy atom. The summed E-state index contributed by atoms with van der Waals surface area (Å²) < 4.78 is 26.3. The third kappa shape index (κ3) is 6.28. The van der Waals surface area contributed by atoms with Crippen LogP contribution in [0, 0.1) is 13.8 Å². The van der Waals surface area contributed by atoms with Gasteiger partial charge in [-0.25, -0.2) is 9.79 Å². The van der Waals surface area contributed by atoms with E-state index in [1.54, 1.807) is 49.8 Å². The van der Waals surface area contributed by atoms with Gasteiger partial charge in [-0.15, -0.1) is 0 Å². The molecule has 46 heavy (non-hydrogen) atoms. The average molecular weight is 644 g/mol. The van der Waals surface area contributed by atoms with Crippen LogP contribution in [0.4, 0.5) is 0 Å². The summed E-state index contributed by atoms with van der Waals surface area (Å²) >= 11 is 1.26. The number of rotatable bonds is 9. The van der Waals surface area contributed by atoms with Crippen LogP contribution in [0.15, 0.2) is 69.6 Å². The van der Waals surface area contributed by atoms with Gasteiger partial charge in [0.05, 0.1) is 41.7 Å². The van der Waals surface area contributed by atoms with Crippen molar-refractivity contribution in [3.8, 4) is 22.9 Å².